The summed E-state index contributed by atoms with van der Waals surface area (Å²) in [5.41, 5.74) is 1.70. The fourth-order valence-electron chi connectivity index (χ4n) is 3.71. The number of rotatable bonds is 11. The Morgan fingerprint density at radius 1 is 0.947 bits per heavy atom. The Labute approximate surface area is 221 Å². The Bertz CT molecular complexity index is 1160. The van der Waals surface area contributed by atoms with Crippen LogP contribution in [0.15, 0.2) is 48.5 Å². The molecule has 1 saturated heterocycles. The summed E-state index contributed by atoms with van der Waals surface area (Å²) in [4.78, 5) is 62.6. The molecule has 38 heavy (non-hydrogen) atoms. The van der Waals surface area contributed by atoms with Gasteiger partial charge in [0.25, 0.3) is 5.91 Å². The third-order valence-corrected chi connectivity index (χ3v) is 5.70. The molecule has 0 unspecified atom stereocenters. The van der Waals surface area contributed by atoms with Crippen molar-refractivity contribution in [1.29, 1.82) is 0 Å². The van der Waals surface area contributed by atoms with Gasteiger partial charge in [0.2, 0.25) is 5.91 Å². The minimum atomic E-state index is -0.723. The van der Waals surface area contributed by atoms with Crippen molar-refractivity contribution in [2.45, 2.75) is 46.1 Å². The molecule has 1 N–H and O–H groups in total. The van der Waals surface area contributed by atoms with Gasteiger partial charge in [-0.05, 0) is 68.8 Å². The van der Waals surface area contributed by atoms with Gasteiger partial charge in [-0.25, -0.2) is 9.59 Å². The van der Waals surface area contributed by atoms with Crippen LogP contribution in [-0.2, 0) is 28.6 Å². The highest BCUT2D eigenvalue weighted by Gasteiger charge is 2.36. The van der Waals surface area contributed by atoms with E-state index in [1.165, 1.54) is 17.0 Å². The van der Waals surface area contributed by atoms with Crippen molar-refractivity contribution in [3.05, 3.63) is 59.7 Å². The van der Waals surface area contributed by atoms with E-state index >= 15 is 0 Å². The molecule has 0 bridgehead atoms. The fourth-order valence-corrected chi connectivity index (χ4v) is 3.71. The maximum absolute atomic E-state index is 12.5. The predicted molar refractivity (Wildman–Crippen MR) is 139 cm³/mol. The second kappa shape index (κ2) is 13.4. The Morgan fingerprint density at radius 3 is 2.21 bits per heavy atom. The highest BCUT2D eigenvalue weighted by molar-refractivity contribution is 6.00. The number of amides is 2. The molecular weight excluding hydrogens is 492 g/mol. The smallest absolute Gasteiger partial charge is 0.338 e. The number of anilines is 2. The lowest BCUT2D eigenvalue weighted by atomic mass is 10.1. The minimum absolute atomic E-state index is 0.0482. The summed E-state index contributed by atoms with van der Waals surface area (Å²) in [6.07, 6.45) is 1.41. The molecule has 1 atom stereocenters. The molecule has 10 heteroatoms. The molecule has 10 nitrogen and oxygen atoms in total. The summed E-state index contributed by atoms with van der Waals surface area (Å²) in [7, 11) is 0. The van der Waals surface area contributed by atoms with Crippen LogP contribution in [0.1, 0.15) is 60.7 Å². The largest absolute Gasteiger partial charge is 0.462 e. The topological polar surface area (TPSA) is 128 Å². The molecule has 202 valence electrons. The Kier molecular flexibility index (Phi) is 9.98. The summed E-state index contributed by atoms with van der Waals surface area (Å²) in [6.45, 7) is 5.45. The van der Waals surface area contributed by atoms with Gasteiger partial charge in [0.15, 0.2) is 6.61 Å². The van der Waals surface area contributed by atoms with Crippen molar-refractivity contribution in [3.8, 4) is 0 Å². The molecule has 2 aromatic carbocycles. The SMILES string of the molecule is CCCCOC(=O)c1ccc(NC(=O)COC(=O)[C@@H]2CC(=O)N(c3ccc(C(=O)OC(C)C)cc3)C2)cc1. The van der Waals surface area contributed by atoms with Crippen LogP contribution in [0.25, 0.3) is 0 Å². The van der Waals surface area contributed by atoms with E-state index in [4.69, 9.17) is 14.2 Å². The number of carbonyl (C=O) groups is 5. The van der Waals surface area contributed by atoms with E-state index in [0.29, 0.717) is 29.1 Å². The lowest BCUT2D eigenvalue weighted by molar-refractivity contribution is -0.151. The van der Waals surface area contributed by atoms with Gasteiger partial charge in [-0.1, -0.05) is 13.3 Å². The first-order valence-corrected chi connectivity index (χ1v) is 12.5. The zero-order valence-electron chi connectivity index (χ0n) is 21.7. The van der Waals surface area contributed by atoms with E-state index < -0.39 is 36.3 Å². The molecule has 1 heterocycles. The van der Waals surface area contributed by atoms with E-state index in [1.807, 2.05) is 6.92 Å². The number of nitrogens with one attached hydrogen (secondary N) is 1. The maximum Gasteiger partial charge on any atom is 0.338 e. The van der Waals surface area contributed by atoms with Gasteiger partial charge >= 0.3 is 17.9 Å². The summed E-state index contributed by atoms with van der Waals surface area (Å²) in [6, 6.07) is 12.5. The zero-order valence-corrected chi connectivity index (χ0v) is 21.7. The van der Waals surface area contributed by atoms with Crippen molar-refractivity contribution in [2.24, 2.45) is 5.92 Å². The lowest BCUT2D eigenvalue weighted by Gasteiger charge is -2.17. The number of ether oxygens (including phenoxy) is 3. The van der Waals surface area contributed by atoms with Crippen LogP contribution >= 0.6 is 0 Å². The van der Waals surface area contributed by atoms with Gasteiger partial charge in [-0.2, -0.15) is 0 Å². The van der Waals surface area contributed by atoms with Gasteiger partial charge < -0.3 is 24.4 Å². The third kappa shape index (κ3) is 7.89. The van der Waals surface area contributed by atoms with Gasteiger partial charge in [0, 0.05) is 24.3 Å². The summed E-state index contributed by atoms with van der Waals surface area (Å²) < 4.78 is 15.4. The molecule has 0 radical (unpaired) electrons. The van der Waals surface area contributed by atoms with E-state index in [0.717, 1.165) is 12.8 Å². The highest BCUT2D eigenvalue weighted by Crippen LogP contribution is 2.26. The number of unbranched alkanes of at least 4 members (excludes halogenated alkanes) is 1. The number of hydrogen-bond donors (Lipinski definition) is 1. The van der Waals surface area contributed by atoms with E-state index in [1.54, 1.807) is 50.2 Å². The second-order valence-electron chi connectivity index (χ2n) is 9.13. The minimum Gasteiger partial charge on any atom is -0.462 e. The van der Waals surface area contributed by atoms with Crippen LogP contribution in [0.2, 0.25) is 0 Å². The first-order valence-electron chi connectivity index (χ1n) is 12.5. The first-order chi connectivity index (χ1) is 18.2. The third-order valence-electron chi connectivity index (χ3n) is 5.70. The van der Waals surface area contributed by atoms with Gasteiger partial charge in [-0.3, -0.25) is 14.4 Å². The van der Waals surface area contributed by atoms with Crippen LogP contribution < -0.4 is 10.2 Å². The molecule has 2 amide bonds. The van der Waals surface area contributed by atoms with Crippen LogP contribution in [-0.4, -0.2) is 55.6 Å². The molecule has 1 aliphatic rings. The quantitative estimate of drug-likeness (QED) is 0.267. The lowest BCUT2D eigenvalue weighted by Crippen LogP contribution is -2.28. The van der Waals surface area contributed by atoms with Gasteiger partial charge in [0.05, 0.1) is 29.8 Å². The van der Waals surface area contributed by atoms with Crippen molar-refractivity contribution in [3.63, 3.8) is 0 Å². The number of esters is 3. The molecule has 0 aromatic heterocycles. The average molecular weight is 525 g/mol. The van der Waals surface area contributed by atoms with E-state index in [2.05, 4.69) is 5.32 Å². The Hall–Kier alpha value is -4.21. The fraction of sp³-hybridized carbons (Fsp3) is 0.393. The molecule has 0 saturated carbocycles. The van der Waals surface area contributed by atoms with Crippen LogP contribution in [0.5, 0.6) is 0 Å². The maximum atomic E-state index is 12.5. The van der Waals surface area contributed by atoms with Gasteiger partial charge in [-0.15, -0.1) is 0 Å². The average Bonchev–Trinajstić information content (AvgIpc) is 3.29. The van der Waals surface area contributed by atoms with Crippen molar-refractivity contribution in [1.82, 2.24) is 0 Å². The first kappa shape index (κ1) is 28.4. The van der Waals surface area contributed by atoms with Crippen molar-refractivity contribution in [2.75, 3.05) is 30.0 Å². The summed E-state index contributed by atoms with van der Waals surface area (Å²) in [5.74, 6) is -3.09. The Balaban J connectivity index is 1.46. The number of hydrogen-bond acceptors (Lipinski definition) is 8. The standard InChI is InChI=1S/C28H32N2O8/c1-4-5-14-36-26(33)19-6-10-22(11-7-19)29-24(31)17-37-27(34)21-15-25(32)30(16-21)23-12-8-20(9-13-23)28(35)38-18(2)3/h6-13,18,21H,4-5,14-17H2,1-3H3,(H,29,31)/t21-/m1/s1. The number of carbonyl (C=O) groups excluding carboxylic acids is 5. The van der Waals surface area contributed by atoms with Crippen LogP contribution in [0.4, 0.5) is 11.4 Å². The van der Waals surface area contributed by atoms with Gasteiger partial charge in [0.1, 0.15) is 0 Å². The molecule has 0 aliphatic carbocycles. The number of nitrogens with zero attached hydrogens (tertiary/aromatic N) is 1. The molecule has 2 aromatic rings. The zero-order chi connectivity index (χ0) is 27.7. The van der Waals surface area contributed by atoms with Crippen molar-refractivity contribution < 1.29 is 38.2 Å². The highest BCUT2D eigenvalue weighted by atomic mass is 16.5. The Morgan fingerprint density at radius 2 is 1.58 bits per heavy atom. The van der Waals surface area contributed by atoms with Crippen LogP contribution in [0, 0.1) is 5.92 Å². The van der Waals surface area contributed by atoms with E-state index in [-0.39, 0.29) is 25.0 Å². The molecule has 1 fully saturated rings. The van der Waals surface area contributed by atoms with Crippen LogP contribution in [0.3, 0.4) is 0 Å². The molecule has 3 rings (SSSR count). The normalized spacial score (nSPS) is 14.8. The summed E-state index contributed by atoms with van der Waals surface area (Å²) in [5, 5.41) is 2.59. The molecular formula is C28H32N2O8. The predicted octanol–water partition coefficient (Wildman–Crippen LogP) is 3.74. The number of benzene rings is 2. The summed E-state index contributed by atoms with van der Waals surface area (Å²) >= 11 is 0. The second-order valence-corrected chi connectivity index (χ2v) is 9.13. The van der Waals surface area contributed by atoms with Crippen molar-refractivity contribution >= 4 is 41.1 Å². The molecule has 1 aliphatic heterocycles. The van der Waals surface area contributed by atoms with E-state index in [9.17, 15) is 24.0 Å². The molecule has 0 spiro atoms. The monoisotopic (exact) mass is 524 g/mol.